The van der Waals surface area contributed by atoms with Gasteiger partial charge in [0, 0.05) is 0 Å². The zero-order valence-corrected chi connectivity index (χ0v) is 25.1. The summed E-state index contributed by atoms with van der Waals surface area (Å²) in [6.45, 7) is 27.0. The Kier molecular flexibility index (Phi) is 162. The Labute approximate surface area is 195 Å². The standard InChI is InChI=1S/C11H23.C3H6O.C3H8.3C2H6.CH3.U/c1-3-5-7-9-11-10-8-6-4-2;1-3(2)4;1-3-2;3*1-2;;/h1,3-11H2,2H3;4H,1H2,2H3;3H2,1-2H3;3*1-2H3;1H3;/q-1;;;;;;-1;+2. The molecule has 0 rings (SSSR count). The Bertz CT molecular complexity index is 124. The van der Waals surface area contributed by atoms with Crippen LogP contribution in [-0.4, -0.2) is 5.11 Å². The molecule has 0 spiro atoms. The van der Waals surface area contributed by atoms with Crippen LogP contribution in [0.5, 0.6) is 0 Å². The maximum atomic E-state index is 7.86. The molecule has 164 valence electrons. The summed E-state index contributed by atoms with van der Waals surface area (Å²) in [6, 6.07) is 0. The molecule has 0 atom stereocenters. The van der Waals surface area contributed by atoms with Crippen LogP contribution in [0.3, 0.4) is 0 Å². The Balaban J connectivity index is -0.0000000304. The summed E-state index contributed by atoms with van der Waals surface area (Å²) >= 11 is 0. The van der Waals surface area contributed by atoms with Gasteiger partial charge in [0.25, 0.3) is 0 Å². The molecule has 0 saturated carbocycles. The van der Waals surface area contributed by atoms with Gasteiger partial charge in [-0.15, -0.1) is 0 Å². The van der Waals surface area contributed by atoms with E-state index in [0.29, 0.717) is 0 Å². The second kappa shape index (κ2) is 83.8. The van der Waals surface area contributed by atoms with Crippen molar-refractivity contribution in [2.75, 3.05) is 0 Å². The average Bonchev–Trinajstić information content (AvgIpc) is 2.60. The van der Waals surface area contributed by atoms with E-state index in [4.69, 9.17) is 5.11 Å². The zero-order chi connectivity index (χ0) is 20.6. The fourth-order valence-corrected chi connectivity index (χ4v) is 1.31. The van der Waals surface area contributed by atoms with Crippen molar-refractivity contribution in [3.63, 3.8) is 0 Å². The van der Waals surface area contributed by atoms with Crippen molar-refractivity contribution in [3.8, 4) is 0 Å². The Hall–Kier alpha value is 0.592. The fourth-order valence-electron chi connectivity index (χ4n) is 1.31. The monoisotopic (exact) mass is 600 g/mol. The minimum Gasteiger partial charge on any atom is -0.513 e. The molecule has 0 bridgehead atoms. The molecule has 0 aliphatic carbocycles. The molecular formula is C24H58OU. The molecule has 1 N–H and O–H groups in total. The average molecular weight is 601 g/mol. The van der Waals surface area contributed by atoms with Crippen LogP contribution in [0, 0.1) is 45.5 Å². The van der Waals surface area contributed by atoms with E-state index in [1.54, 1.807) is 0 Å². The summed E-state index contributed by atoms with van der Waals surface area (Å²) in [5.41, 5.74) is 0. The van der Waals surface area contributed by atoms with E-state index < -0.39 is 0 Å². The number of rotatable bonds is 8. The third-order valence-corrected chi connectivity index (χ3v) is 2.10. The number of allylic oxidation sites excluding steroid dienone is 1. The minimum atomic E-state index is 0. The van der Waals surface area contributed by atoms with Gasteiger partial charge in [-0.25, -0.2) is 0 Å². The van der Waals surface area contributed by atoms with Crippen LogP contribution in [0.2, 0.25) is 0 Å². The van der Waals surface area contributed by atoms with Gasteiger partial charge in [-0.05, 0) is 6.92 Å². The summed E-state index contributed by atoms with van der Waals surface area (Å²) in [5.74, 6) is 0.167. The molecule has 26 heavy (non-hydrogen) atoms. The van der Waals surface area contributed by atoms with Crippen LogP contribution in [-0.2, 0) is 0 Å². The molecule has 0 aromatic heterocycles. The number of unbranched alkanes of at least 4 members (excludes halogenated alkanes) is 8. The van der Waals surface area contributed by atoms with Crippen molar-refractivity contribution in [2.45, 2.75) is 133 Å². The summed E-state index contributed by atoms with van der Waals surface area (Å²) < 4.78 is 0. The van der Waals surface area contributed by atoms with Gasteiger partial charge in [0.2, 0.25) is 0 Å². The molecule has 0 saturated heterocycles. The molecule has 0 aromatic rings. The molecule has 0 radical (unpaired) electrons. The van der Waals surface area contributed by atoms with Gasteiger partial charge in [0.15, 0.2) is 0 Å². The molecule has 0 unspecified atom stereocenters. The molecular weight excluding hydrogens is 542 g/mol. The van der Waals surface area contributed by atoms with Gasteiger partial charge in [-0.3, -0.25) is 0 Å². The maximum Gasteiger partial charge on any atom is 2.00 e. The molecule has 0 heterocycles. The van der Waals surface area contributed by atoms with Gasteiger partial charge >= 0.3 is 31.1 Å². The molecule has 1 nitrogen and oxygen atoms in total. The second-order valence-electron chi connectivity index (χ2n) is 4.77. The predicted molar refractivity (Wildman–Crippen MR) is 126 cm³/mol. The van der Waals surface area contributed by atoms with Crippen molar-refractivity contribution in [1.29, 1.82) is 0 Å². The first-order chi connectivity index (χ1) is 11.6. The van der Waals surface area contributed by atoms with Gasteiger partial charge in [0.1, 0.15) is 0 Å². The van der Waals surface area contributed by atoms with Gasteiger partial charge < -0.3 is 19.5 Å². The van der Waals surface area contributed by atoms with Crippen molar-refractivity contribution in [1.82, 2.24) is 0 Å². The molecule has 0 aromatic carbocycles. The molecule has 0 aliphatic rings. The predicted octanol–water partition coefficient (Wildman–Crippen LogP) is 10.4. The zero-order valence-electron chi connectivity index (χ0n) is 20.9. The van der Waals surface area contributed by atoms with Crippen LogP contribution in [0.25, 0.3) is 0 Å². The minimum absolute atomic E-state index is 0. The summed E-state index contributed by atoms with van der Waals surface area (Å²) in [7, 11) is 0. The molecule has 2 heteroatoms. The SMILES string of the molecule is C=C(C)O.CC.CC.CC.CCC.[CH2-]CCCCCCCCCC.[CH3-].[U+2]. The number of hydrogen-bond acceptors (Lipinski definition) is 1. The third-order valence-electron chi connectivity index (χ3n) is 2.10. The van der Waals surface area contributed by atoms with Crippen LogP contribution >= 0.6 is 0 Å². The second-order valence-corrected chi connectivity index (χ2v) is 4.77. The molecule has 0 fully saturated rings. The summed E-state index contributed by atoms with van der Waals surface area (Å²) in [6.07, 6.45) is 13.7. The molecule has 0 amide bonds. The van der Waals surface area contributed by atoms with Crippen LogP contribution in [0.4, 0.5) is 0 Å². The summed E-state index contributed by atoms with van der Waals surface area (Å²) in [4.78, 5) is 0. The Morgan fingerprint density at radius 3 is 1.12 bits per heavy atom. The molecule has 0 aliphatic heterocycles. The van der Waals surface area contributed by atoms with Crippen molar-refractivity contribution < 1.29 is 36.2 Å². The van der Waals surface area contributed by atoms with E-state index in [1.807, 2.05) is 41.5 Å². The van der Waals surface area contributed by atoms with E-state index >= 15 is 0 Å². The Morgan fingerprint density at radius 2 is 0.923 bits per heavy atom. The van der Waals surface area contributed by atoms with Crippen LogP contribution < -0.4 is 0 Å². The Morgan fingerprint density at radius 1 is 0.731 bits per heavy atom. The van der Waals surface area contributed by atoms with E-state index in [1.165, 1.54) is 64.7 Å². The van der Waals surface area contributed by atoms with Gasteiger partial charge in [-0.2, -0.15) is 6.42 Å². The first-order valence-corrected chi connectivity index (χ1v) is 10.7. The smallest absolute Gasteiger partial charge is 0.513 e. The first kappa shape index (κ1) is 50.4. The normalized spacial score (nSPS) is 6.73. The topological polar surface area (TPSA) is 20.2 Å². The largest absolute Gasteiger partial charge is 2.00 e. The quantitative estimate of drug-likeness (QED) is 0.167. The number of hydrogen-bond donors (Lipinski definition) is 1. The fraction of sp³-hybridized carbons (Fsp3) is 0.833. The van der Waals surface area contributed by atoms with Crippen LogP contribution in [0.1, 0.15) is 133 Å². The van der Waals surface area contributed by atoms with E-state index in [0.717, 1.165) is 6.42 Å². The third kappa shape index (κ3) is 185. The van der Waals surface area contributed by atoms with Gasteiger partial charge in [0.05, 0.1) is 5.76 Å². The first-order valence-electron chi connectivity index (χ1n) is 10.7. The van der Waals surface area contributed by atoms with E-state index in [-0.39, 0.29) is 44.3 Å². The van der Waals surface area contributed by atoms with Gasteiger partial charge in [-0.1, -0.05) is 127 Å². The van der Waals surface area contributed by atoms with Crippen molar-refractivity contribution >= 4 is 0 Å². The van der Waals surface area contributed by atoms with E-state index in [2.05, 4.69) is 34.3 Å². The maximum absolute atomic E-state index is 7.86. The van der Waals surface area contributed by atoms with Crippen molar-refractivity contribution in [2.24, 2.45) is 0 Å². The van der Waals surface area contributed by atoms with Crippen LogP contribution in [0.15, 0.2) is 12.3 Å². The van der Waals surface area contributed by atoms with Crippen molar-refractivity contribution in [3.05, 3.63) is 26.7 Å². The summed E-state index contributed by atoms with van der Waals surface area (Å²) in [5, 5.41) is 7.86. The van der Waals surface area contributed by atoms with E-state index in [9.17, 15) is 0 Å². The number of aliphatic hydroxyl groups is 1. The number of aliphatic hydroxyl groups excluding tert-OH is 1.